The third kappa shape index (κ3) is 9.22. The van der Waals surface area contributed by atoms with Gasteiger partial charge in [0.1, 0.15) is 11.6 Å². The van der Waals surface area contributed by atoms with Crippen molar-refractivity contribution in [3.8, 4) is 33.6 Å². The average molecular weight is 910 g/mol. The van der Waals surface area contributed by atoms with Gasteiger partial charge in [0.2, 0.25) is 23.6 Å². The first-order valence-electron chi connectivity index (χ1n) is 22.2. The SMILES string of the molecule is CC1(C)C(=O)Nc2cc(-c3cnccc3F)ccc21.Cc1cc(-c2ccc3c(c2)NC(=O)C3(C)C)nc(C)n1.Cc1cnc(-c2ccc3c(c2)NC(=O)C3(C)C)cn1.O=C1Cc2ccccc2N1. The summed E-state index contributed by atoms with van der Waals surface area (Å²) in [6.07, 6.45) is 6.93. The first kappa shape index (κ1) is 46.5. The topological polar surface area (TPSA) is 181 Å². The lowest BCUT2D eigenvalue weighted by molar-refractivity contribution is -0.120. The van der Waals surface area contributed by atoms with Gasteiger partial charge in [0.25, 0.3) is 0 Å². The van der Waals surface area contributed by atoms with E-state index in [9.17, 15) is 23.6 Å². The van der Waals surface area contributed by atoms with Crippen molar-refractivity contribution in [1.82, 2.24) is 24.9 Å². The van der Waals surface area contributed by atoms with Crippen LogP contribution in [0.4, 0.5) is 27.1 Å². The van der Waals surface area contributed by atoms with Crippen LogP contribution in [0.2, 0.25) is 0 Å². The van der Waals surface area contributed by atoms with Crippen molar-refractivity contribution >= 4 is 46.4 Å². The maximum Gasteiger partial charge on any atom is 0.234 e. The summed E-state index contributed by atoms with van der Waals surface area (Å²) in [4.78, 5) is 67.8. The maximum absolute atomic E-state index is 13.7. The Balaban J connectivity index is 0.000000125. The molecule has 0 saturated heterocycles. The number of carbonyl (C=O) groups excluding carboxylic acids is 4. The van der Waals surface area contributed by atoms with Crippen LogP contribution in [0.25, 0.3) is 33.6 Å². The van der Waals surface area contributed by atoms with Gasteiger partial charge in [-0.15, -0.1) is 0 Å². The van der Waals surface area contributed by atoms with Crippen molar-refractivity contribution in [2.24, 2.45) is 0 Å². The molecule has 68 heavy (non-hydrogen) atoms. The van der Waals surface area contributed by atoms with Gasteiger partial charge in [0, 0.05) is 63.7 Å². The standard InChI is InChI=1S/C16H17N3O.C15H13FN2O.C15H15N3O.C8H7NO/c1-9-7-13(18-10(2)17-9)11-5-6-12-14(8-11)19-15(20)16(12,3)4;1-15(2)11-4-3-9(7-13(11)18-14(15)19)10-8-17-6-5-12(10)16;1-9-7-17-13(8-16-9)10-4-5-11-12(6-10)18-14(19)15(11,2)3;10-8-5-6-3-1-2-4-7(6)9-8/h5-8H,1-4H3,(H,19,20);3-8H,1-2H3,(H,18,19);4-8H,1-3H3,(H,18,19);1-4H,5H2,(H,9,10). The molecule has 4 N–H and O–H groups in total. The molecular formula is C54H52FN9O4. The zero-order valence-corrected chi connectivity index (χ0v) is 39.4. The van der Waals surface area contributed by atoms with Gasteiger partial charge >= 0.3 is 0 Å². The highest BCUT2D eigenvalue weighted by atomic mass is 19.1. The molecule has 0 bridgehead atoms. The van der Waals surface area contributed by atoms with Crippen LogP contribution in [0.1, 0.15) is 81.0 Å². The third-order valence-electron chi connectivity index (χ3n) is 12.6. The summed E-state index contributed by atoms with van der Waals surface area (Å²) < 4.78 is 13.7. The van der Waals surface area contributed by atoms with Gasteiger partial charge in [-0.05, 0) is 127 Å². The Kier molecular flexibility index (Phi) is 12.3. The molecule has 0 fully saturated rings. The van der Waals surface area contributed by atoms with E-state index in [-0.39, 0.29) is 29.4 Å². The molecule has 0 aliphatic carbocycles. The fourth-order valence-electron chi connectivity index (χ4n) is 8.43. The number of rotatable bonds is 3. The number of nitrogens with one attached hydrogen (secondary N) is 4. The second-order valence-corrected chi connectivity index (χ2v) is 18.7. The minimum absolute atomic E-state index is 0.0358. The Bertz CT molecular complexity index is 3120. The quantitative estimate of drug-likeness (QED) is 0.134. The van der Waals surface area contributed by atoms with E-state index in [1.807, 2.05) is 141 Å². The van der Waals surface area contributed by atoms with Crippen LogP contribution in [0.15, 0.2) is 116 Å². The Labute approximate surface area is 394 Å². The maximum atomic E-state index is 13.7. The predicted octanol–water partition coefficient (Wildman–Crippen LogP) is 9.97. The van der Waals surface area contributed by atoms with E-state index in [1.54, 1.807) is 18.5 Å². The number of carbonyl (C=O) groups is 4. The minimum atomic E-state index is -0.540. The van der Waals surface area contributed by atoms with Crippen molar-refractivity contribution < 1.29 is 23.6 Å². The van der Waals surface area contributed by atoms with E-state index < -0.39 is 16.2 Å². The van der Waals surface area contributed by atoms with Crippen molar-refractivity contribution in [3.63, 3.8) is 0 Å². The fourth-order valence-corrected chi connectivity index (χ4v) is 8.43. The van der Waals surface area contributed by atoms with Gasteiger partial charge in [-0.1, -0.05) is 54.6 Å². The number of nitrogens with zero attached hydrogens (tertiary/aromatic N) is 5. The Morgan fingerprint density at radius 3 is 1.56 bits per heavy atom. The van der Waals surface area contributed by atoms with Gasteiger partial charge in [-0.3, -0.25) is 34.1 Å². The molecule has 7 aromatic rings. The Hall–Kier alpha value is -8.00. The van der Waals surface area contributed by atoms with Crippen LogP contribution in [-0.2, 0) is 41.8 Å². The zero-order valence-electron chi connectivity index (χ0n) is 39.4. The lowest BCUT2D eigenvalue weighted by atomic mass is 9.85. The van der Waals surface area contributed by atoms with E-state index in [2.05, 4.69) is 46.2 Å². The predicted molar refractivity (Wildman–Crippen MR) is 263 cm³/mol. The monoisotopic (exact) mass is 909 g/mol. The number of pyridine rings is 1. The first-order valence-corrected chi connectivity index (χ1v) is 22.2. The van der Waals surface area contributed by atoms with E-state index in [0.29, 0.717) is 17.5 Å². The van der Waals surface area contributed by atoms with Gasteiger partial charge in [-0.25, -0.2) is 14.4 Å². The molecule has 3 aromatic heterocycles. The van der Waals surface area contributed by atoms with E-state index in [4.69, 9.17) is 0 Å². The molecule has 0 saturated carbocycles. The molecule has 0 unspecified atom stereocenters. The van der Waals surface area contributed by atoms with Crippen LogP contribution in [0, 0.1) is 26.6 Å². The van der Waals surface area contributed by atoms with Crippen LogP contribution in [-0.4, -0.2) is 48.5 Å². The average Bonchev–Trinajstić information content (AvgIpc) is 3.94. The molecular weight excluding hydrogens is 858 g/mol. The number of fused-ring (bicyclic) bond motifs is 4. The van der Waals surface area contributed by atoms with Gasteiger partial charge < -0.3 is 21.3 Å². The molecule has 0 spiro atoms. The number of amides is 4. The second-order valence-electron chi connectivity index (χ2n) is 18.7. The molecule has 7 heterocycles. The second kappa shape index (κ2) is 18.0. The minimum Gasteiger partial charge on any atom is -0.326 e. The molecule has 14 heteroatoms. The van der Waals surface area contributed by atoms with Crippen LogP contribution >= 0.6 is 0 Å². The lowest BCUT2D eigenvalue weighted by Gasteiger charge is -2.15. The molecule has 0 radical (unpaired) electrons. The molecule has 13 nitrogen and oxygen atoms in total. The summed E-state index contributed by atoms with van der Waals surface area (Å²) in [5.74, 6) is 0.574. The summed E-state index contributed by atoms with van der Waals surface area (Å²) in [6, 6.07) is 28.5. The highest BCUT2D eigenvalue weighted by molar-refractivity contribution is 6.08. The number of para-hydroxylation sites is 1. The zero-order chi connectivity index (χ0) is 48.7. The third-order valence-corrected chi connectivity index (χ3v) is 12.6. The van der Waals surface area contributed by atoms with Crippen molar-refractivity contribution in [2.75, 3.05) is 21.3 Å². The van der Waals surface area contributed by atoms with E-state index in [0.717, 1.165) is 84.7 Å². The molecule has 11 rings (SSSR count). The van der Waals surface area contributed by atoms with Crippen molar-refractivity contribution in [1.29, 1.82) is 0 Å². The smallest absolute Gasteiger partial charge is 0.234 e. The fraction of sp³-hybridized carbons (Fsp3) is 0.241. The van der Waals surface area contributed by atoms with Crippen LogP contribution in [0.5, 0.6) is 0 Å². The molecule has 4 aliphatic heterocycles. The Morgan fingerprint density at radius 1 is 0.515 bits per heavy atom. The highest BCUT2D eigenvalue weighted by Gasteiger charge is 2.40. The number of hydrogen-bond acceptors (Lipinski definition) is 9. The lowest BCUT2D eigenvalue weighted by Crippen LogP contribution is -2.26. The van der Waals surface area contributed by atoms with Gasteiger partial charge in [0.15, 0.2) is 0 Å². The van der Waals surface area contributed by atoms with Crippen LogP contribution in [0.3, 0.4) is 0 Å². The van der Waals surface area contributed by atoms with Crippen molar-refractivity contribution in [3.05, 3.63) is 161 Å². The summed E-state index contributed by atoms with van der Waals surface area (Å²) in [5, 5.41) is 11.5. The molecule has 344 valence electrons. The number of anilines is 4. The number of aromatic nitrogens is 5. The summed E-state index contributed by atoms with van der Waals surface area (Å²) in [7, 11) is 0. The summed E-state index contributed by atoms with van der Waals surface area (Å²) in [5.41, 5.74) is 12.7. The van der Waals surface area contributed by atoms with Gasteiger partial charge in [-0.2, -0.15) is 0 Å². The van der Waals surface area contributed by atoms with Crippen molar-refractivity contribution in [2.45, 2.75) is 85.0 Å². The van der Waals surface area contributed by atoms with Crippen LogP contribution < -0.4 is 21.3 Å². The number of hydrogen-bond donors (Lipinski definition) is 4. The van der Waals surface area contributed by atoms with Gasteiger partial charge in [0.05, 0.1) is 45.9 Å². The summed E-state index contributed by atoms with van der Waals surface area (Å²) in [6.45, 7) is 17.2. The number of benzene rings is 4. The first-order chi connectivity index (χ1) is 32.2. The molecule has 4 aromatic carbocycles. The molecule has 4 amide bonds. The summed E-state index contributed by atoms with van der Waals surface area (Å²) >= 11 is 0. The highest BCUT2D eigenvalue weighted by Crippen LogP contribution is 2.42. The normalized spacial score (nSPS) is 15.8. The molecule has 0 atom stereocenters. The van der Waals surface area contributed by atoms with E-state index >= 15 is 0 Å². The van der Waals surface area contributed by atoms with E-state index in [1.165, 1.54) is 18.5 Å². The number of aryl methyl sites for hydroxylation is 3. The Morgan fingerprint density at radius 2 is 1.04 bits per heavy atom. The largest absolute Gasteiger partial charge is 0.326 e. The molecule has 4 aliphatic rings. The number of halogens is 1.